The van der Waals surface area contributed by atoms with Crippen molar-refractivity contribution in [2.24, 2.45) is 0 Å². The molecule has 3 N–H and O–H groups in total. The summed E-state index contributed by atoms with van der Waals surface area (Å²) in [6.45, 7) is 5.51. The number of pyridine rings is 1. The molecule has 34 heavy (non-hydrogen) atoms. The zero-order chi connectivity index (χ0) is 23.5. The smallest absolute Gasteiger partial charge is 0.323 e. The summed E-state index contributed by atoms with van der Waals surface area (Å²) in [4.78, 5) is 32.7. The third-order valence-electron chi connectivity index (χ3n) is 5.85. The van der Waals surface area contributed by atoms with E-state index in [-0.39, 0.29) is 12.1 Å². The molecule has 2 aromatic heterocycles. The number of rotatable bonds is 6. The van der Waals surface area contributed by atoms with E-state index in [1.807, 2.05) is 24.3 Å². The van der Waals surface area contributed by atoms with Crippen LogP contribution in [0.5, 0.6) is 0 Å². The fourth-order valence-corrected chi connectivity index (χ4v) is 4.32. The summed E-state index contributed by atoms with van der Waals surface area (Å²) in [5.74, 6) is 1.83. The van der Waals surface area contributed by atoms with Crippen LogP contribution >= 0.6 is 0 Å². The standard InChI is InChI=1S/C24H28N8O2/c1-15(2)26-22-29-21(30-23(31-22)32-19-7-8-20(32)14-34-13-19)16-3-5-17(6-4-16)27-24(33)28-18-9-11-25-12-10-18/h3-6,9-12,15,19-20H,7-8,13-14H2,1-2H3,(H2,25,27,28,33)(H,26,29,30,31). The van der Waals surface area contributed by atoms with Gasteiger partial charge in [-0.15, -0.1) is 0 Å². The number of anilines is 4. The average molecular weight is 461 g/mol. The van der Waals surface area contributed by atoms with Crippen LogP contribution in [0, 0.1) is 0 Å². The van der Waals surface area contributed by atoms with Crippen LogP contribution in [0.3, 0.4) is 0 Å². The molecule has 4 heterocycles. The van der Waals surface area contributed by atoms with Crippen molar-refractivity contribution in [1.82, 2.24) is 19.9 Å². The predicted octanol–water partition coefficient (Wildman–Crippen LogP) is 3.77. The zero-order valence-corrected chi connectivity index (χ0v) is 19.2. The highest BCUT2D eigenvalue weighted by Gasteiger charge is 2.39. The van der Waals surface area contributed by atoms with Crippen LogP contribution < -0.4 is 20.9 Å². The number of ether oxygens (including phenoxy) is 1. The summed E-state index contributed by atoms with van der Waals surface area (Å²) < 4.78 is 5.73. The lowest BCUT2D eigenvalue weighted by Crippen LogP contribution is -2.47. The Kier molecular flexibility index (Phi) is 6.22. The highest BCUT2D eigenvalue weighted by Crippen LogP contribution is 2.33. The minimum atomic E-state index is -0.326. The van der Waals surface area contributed by atoms with E-state index in [9.17, 15) is 4.79 Å². The van der Waals surface area contributed by atoms with E-state index in [0.717, 1.165) is 18.4 Å². The van der Waals surface area contributed by atoms with E-state index in [2.05, 4.69) is 44.7 Å². The van der Waals surface area contributed by atoms with E-state index >= 15 is 0 Å². The highest BCUT2D eigenvalue weighted by atomic mass is 16.5. The van der Waals surface area contributed by atoms with Crippen molar-refractivity contribution < 1.29 is 9.53 Å². The predicted molar refractivity (Wildman–Crippen MR) is 131 cm³/mol. The fourth-order valence-electron chi connectivity index (χ4n) is 4.32. The number of benzene rings is 1. The minimum absolute atomic E-state index is 0.190. The molecular formula is C24H28N8O2. The molecule has 2 atom stereocenters. The van der Waals surface area contributed by atoms with Crippen LogP contribution in [0.1, 0.15) is 26.7 Å². The maximum Gasteiger partial charge on any atom is 0.323 e. The van der Waals surface area contributed by atoms with Crippen molar-refractivity contribution in [3.05, 3.63) is 48.8 Å². The lowest BCUT2D eigenvalue weighted by atomic mass is 10.2. The highest BCUT2D eigenvalue weighted by molar-refractivity contribution is 5.99. The molecule has 2 saturated heterocycles. The maximum atomic E-state index is 12.3. The Morgan fingerprint density at radius 3 is 2.24 bits per heavy atom. The first-order valence-corrected chi connectivity index (χ1v) is 11.5. The van der Waals surface area contributed by atoms with Gasteiger partial charge in [-0.2, -0.15) is 15.0 Å². The second-order valence-electron chi connectivity index (χ2n) is 8.80. The summed E-state index contributed by atoms with van der Waals surface area (Å²) in [5, 5.41) is 8.92. The maximum absolute atomic E-state index is 12.3. The Morgan fingerprint density at radius 2 is 1.59 bits per heavy atom. The molecule has 2 bridgehead atoms. The van der Waals surface area contributed by atoms with E-state index in [1.54, 1.807) is 24.5 Å². The van der Waals surface area contributed by atoms with Crippen molar-refractivity contribution in [2.75, 3.05) is 34.1 Å². The molecule has 2 aliphatic rings. The number of urea groups is 1. The van der Waals surface area contributed by atoms with Crippen LogP contribution in [0.15, 0.2) is 48.8 Å². The van der Waals surface area contributed by atoms with Gasteiger partial charge in [0, 0.05) is 35.4 Å². The number of amides is 2. The van der Waals surface area contributed by atoms with Crippen molar-refractivity contribution in [1.29, 1.82) is 0 Å². The lowest BCUT2D eigenvalue weighted by molar-refractivity contribution is 0.0897. The summed E-state index contributed by atoms with van der Waals surface area (Å²) >= 11 is 0. The average Bonchev–Trinajstić information content (AvgIpc) is 3.08. The van der Waals surface area contributed by atoms with Gasteiger partial charge in [0.25, 0.3) is 0 Å². The van der Waals surface area contributed by atoms with Crippen molar-refractivity contribution in [2.45, 2.75) is 44.8 Å². The van der Waals surface area contributed by atoms with E-state index in [0.29, 0.717) is 54.4 Å². The monoisotopic (exact) mass is 460 g/mol. The number of fused-ring (bicyclic) bond motifs is 2. The van der Waals surface area contributed by atoms with E-state index in [4.69, 9.17) is 14.7 Å². The zero-order valence-electron chi connectivity index (χ0n) is 19.2. The Hall–Kier alpha value is -3.79. The number of nitrogens with zero attached hydrogens (tertiary/aromatic N) is 5. The Bertz CT molecular complexity index is 1120. The molecular weight excluding hydrogens is 432 g/mol. The van der Waals surface area contributed by atoms with E-state index < -0.39 is 0 Å². The van der Waals surface area contributed by atoms with Crippen LogP contribution in [0.25, 0.3) is 11.4 Å². The van der Waals surface area contributed by atoms with Gasteiger partial charge in [0.15, 0.2) is 5.82 Å². The number of morpholine rings is 1. The molecule has 1 aromatic carbocycles. The largest absolute Gasteiger partial charge is 0.377 e. The summed E-state index contributed by atoms with van der Waals surface area (Å²) in [5.41, 5.74) is 2.18. The van der Waals surface area contributed by atoms with Crippen LogP contribution in [0.4, 0.5) is 28.1 Å². The normalized spacial score (nSPS) is 19.2. The molecule has 10 nitrogen and oxygen atoms in total. The molecule has 2 amide bonds. The number of carbonyl (C=O) groups excluding carboxylic acids is 1. The molecule has 3 aromatic rings. The number of hydrogen-bond acceptors (Lipinski definition) is 8. The van der Waals surface area contributed by atoms with Gasteiger partial charge in [0.05, 0.1) is 25.3 Å². The van der Waals surface area contributed by atoms with Gasteiger partial charge in [0.1, 0.15) is 0 Å². The van der Waals surface area contributed by atoms with E-state index in [1.165, 1.54) is 0 Å². The first-order valence-electron chi connectivity index (χ1n) is 11.5. The SMILES string of the molecule is CC(C)Nc1nc(-c2ccc(NC(=O)Nc3ccncc3)cc2)nc(N2C3CCC2COC3)n1. The molecule has 0 radical (unpaired) electrons. The molecule has 0 aliphatic carbocycles. The number of aromatic nitrogens is 4. The molecule has 2 fully saturated rings. The third-order valence-corrected chi connectivity index (χ3v) is 5.85. The Labute approximate surface area is 198 Å². The Balaban J connectivity index is 1.36. The fraction of sp³-hybridized carbons (Fsp3) is 0.375. The molecule has 10 heteroatoms. The second kappa shape index (κ2) is 9.60. The summed E-state index contributed by atoms with van der Waals surface area (Å²) in [6.07, 6.45) is 5.41. The van der Waals surface area contributed by atoms with Gasteiger partial charge in [0.2, 0.25) is 11.9 Å². The number of nitrogens with one attached hydrogen (secondary N) is 3. The van der Waals surface area contributed by atoms with Crippen LogP contribution in [0.2, 0.25) is 0 Å². The molecule has 2 aliphatic heterocycles. The topological polar surface area (TPSA) is 117 Å². The number of hydrogen-bond donors (Lipinski definition) is 3. The third kappa shape index (κ3) is 4.91. The van der Waals surface area contributed by atoms with Crippen molar-refractivity contribution in [3.8, 4) is 11.4 Å². The minimum Gasteiger partial charge on any atom is -0.377 e. The van der Waals surface area contributed by atoms with Crippen LogP contribution in [-0.4, -0.2) is 57.3 Å². The van der Waals surface area contributed by atoms with Crippen molar-refractivity contribution in [3.63, 3.8) is 0 Å². The first kappa shape index (κ1) is 22.0. The van der Waals surface area contributed by atoms with Crippen molar-refractivity contribution >= 4 is 29.3 Å². The Morgan fingerprint density at radius 1 is 0.941 bits per heavy atom. The quantitative estimate of drug-likeness (QED) is 0.509. The first-order chi connectivity index (χ1) is 16.5. The molecule has 5 rings (SSSR count). The van der Waals surface area contributed by atoms with Gasteiger partial charge in [-0.1, -0.05) is 0 Å². The molecule has 0 spiro atoms. The van der Waals surface area contributed by atoms with Gasteiger partial charge in [-0.05, 0) is 63.1 Å². The molecule has 0 saturated carbocycles. The van der Waals surface area contributed by atoms with Gasteiger partial charge in [-0.3, -0.25) is 4.98 Å². The number of carbonyl (C=O) groups is 1. The summed E-state index contributed by atoms with van der Waals surface area (Å²) in [7, 11) is 0. The van der Waals surface area contributed by atoms with Gasteiger partial charge >= 0.3 is 6.03 Å². The van der Waals surface area contributed by atoms with Crippen LogP contribution in [-0.2, 0) is 4.74 Å². The molecule has 2 unspecified atom stereocenters. The van der Waals surface area contributed by atoms with Gasteiger partial charge in [-0.25, -0.2) is 4.79 Å². The van der Waals surface area contributed by atoms with Gasteiger partial charge < -0.3 is 25.6 Å². The lowest BCUT2D eigenvalue weighted by Gasteiger charge is -2.34. The second-order valence-corrected chi connectivity index (χ2v) is 8.80. The summed E-state index contributed by atoms with van der Waals surface area (Å²) in [6, 6.07) is 11.4. The molecule has 176 valence electrons.